The fourth-order valence-electron chi connectivity index (χ4n) is 2.13. The molecule has 0 amide bonds. The van der Waals surface area contributed by atoms with Crippen LogP contribution in [0.5, 0.6) is 5.75 Å². The van der Waals surface area contributed by atoms with E-state index in [1.807, 2.05) is 0 Å². The second-order valence-electron chi connectivity index (χ2n) is 4.27. The minimum Gasteiger partial charge on any atom is -0.478 e. The number of hydrogen-bond donors (Lipinski definition) is 1. The number of carbonyl (C=O) groups is 2. The number of benzene rings is 2. The maximum atomic E-state index is 12.1. The van der Waals surface area contributed by atoms with Gasteiger partial charge >= 0.3 is 11.9 Å². The van der Waals surface area contributed by atoms with Gasteiger partial charge in [0.05, 0.1) is 19.8 Å². The number of rotatable bonds is 5. The lowest BCUT2D eigenvalue weighted by Crippen LogP contribution is -2.09. The van der Waals surface area contributed by atoms with Gasteiger partial charge < -0.3 is 14.7 Å². The SMILES string of the molecule is COOc1cccc(-c2ccccc2C(=O)O)c1C(=O)OC. The summed E-state index contributed by atoms with van der Waals surface area (Å²) in [7, 11) is 2.54. The lowest BCUT2D eigenvalue weighted by molar-refractivity contribution is -0.178. The first-order valence-electron chi connectivity index (χ1n) is 6.34. The Morgan fingerprint density at radius 2 is 1.64 bits per heavy atom. The third-order valence-corrected chi connectivity index (χ3v) is 3.04. The molecule has 0 aliphatic heterocycles. The van der Waals surface area contributed by atoms with Crippen molar-refractivity contribution in [2.24, 2.45) is 0 Å². The average Bonchev–Trinajstić information content (AvgIpc) is 2.54. The molecule has 2 aromatic carbocycles. The summed E-state index contributed by atoms with van der Waals surface area (Å²) in [5.74, 6) is -1.60. The van der Waals surface area contributed by atoms with E-state index in [-0.39, 0.29) is 16.9 Å². The minimum absolute atomic E-state index is 0.0715. The largest absolute Gasteiger partial charge is 0.478 e. The van der Waals surface area contributed by atoms with Crippen molar-refractivity contribution in [3.63, 3.8) is 0 Å². The summed E-state index contributed by atoms with van der Waals surface area (Å²) >= 11 is 0. The van der Waals surface area contributed by atoms with Crippen molar-refractivity contribution >= 4 is 11.9 Å². The first kappa shape index (κ1) is 15.5. The van der Waals surface area contributed by atoms with E-state index < -0.39 is 11.9 Å². The molecular formula is C16H14O6. The molecule has 0 radical (unpaired) electrons. The Balaban J connectivity index is 2.73. The van der Waals surface area contributed by atoms with Gasteiger partial charge in [0.1, 0.15) is 5.56 Å². The Morgan fingerprint density at radius 1 is 0.955 bits per heavy atom. The summed E-state index contributed by atoms with van der Waals surface area (Å²) in [6, 6.07) is 11.2. The van der Waals surface area contributed by atoms with Crippen LogP contribution in [0.25, 0.3) is 11.1 Å². The molecule has 6 nitrogen and oxygen atoms in total. The maximum Gasteiger partial charge on any atom is 0.342 e. The van der Waals surface area contributed by atoms with Gasteiger partial charge in [-0.05, 0) is 17.7 Å². The molecule has 2 aromatic rings. The van der Waals surface area contributed by atoms with E-state index in [4.69, 9.17) is 9.62 Å². The number of carboxylic acids is 1. The molecule has 0 atom stereocenters. The summed E-state index contributed by atoms with van der Waals surface area (Å²) in [5, 5.41) is 9.31. The fourth-order valence-corrected chi connectivity index (χ4v) is 2.13. The van der Waals surface area contributed by atoms with Gasteiger partial charge in [-0.1, -0.05) is 30.3 Å². The minimum atomic E-state index is -1.09. The Morgan fingerprint density at radius 3 is 2.27 bits per heavy atom. The van der Waals surface area contributed by atoms with Gasteiger partial charge in [0.15, 0.2) is 5.75 Å². The molecule has 114 valence electrons. The monoisotopic (exact) mass is 302 g/mol. The number of methoxy groups -OCH3 is 1. The van der Waals surface area contributed by atoms with E-state index in [0.29, 0.717) is 11.1 Å². The van der Waals surface area contributed by atoms with Gasteiger partial charge in [0, 0.05) is 5.56 Å². The molecule has 0 aromatic heterocycles. The summed E-state index contributed by atoms with van der Waals surface area (Å²) in [6.07, 6.45) is 0. The third kappa shape index (κ3) is 2.91. The molecule has 22 heavy (non-hydrogen) atoms. The predicted molar refractivity (Wildman–Crippen MR) is 77.8 cm³/mol. The van der Waals surface area contributed by atoms with E-state index in [2.05, 4.69) is 4.89 Å². The van der Waals surface area contributed by atoms with Gasteiger partial charge in [0.25, 0.3) is 0 Å². The quantitative estimate of drug-likeness (QED) is 0.519. The van der Waals surface area contributed by atoms with E-state index in [1.54, 1.807) is 30.3 Å². The zero-order valence-electron chi connectivity index (χ0n) is 12.0. The summed E-state index contributed by atoms with van der Waals surface area (Å²) in [6.45, 7) is 0. The lowest BCUT2D eigenvalue weighted by Gasteiger charge is -2.13. The van der Waals surface area contributed by atoms with Gasteiger partial charge in [-0.15, -0.1) is 0 Å². The van der Waals surface area contributed by atoms with Crippen LogP contribution >= 0.6 is 0 Å². The molecule has 0 saturated heterocycles. The maximum absolute atomic E-state index is 12.1. The highest BCUT2D eigenvalue weighted by Gasteiger charge is 2.22. The molecule has 0 heterocycles. The number of esters is 1. The van der Waals surface area contributed by atoms with E-state index in [9.17, 15) is 14.7 Å². The fraction of sp³-hybridized carbons (Fsp3) is 0.125. The van der Waals surface area contributed by atoms with E-state index in [0.717, 1.165) is 0 Å². The average molecular weight is 302 g/mol. The molecule has 0 bridgehead atoms. The zero-order valence-corrected chi connectivity index (χ0v) is 12.0. The van der Waals surface area contributed by atoms with Gasteiger partial charge in [-0.3, -0.25) is 0 Å². The summed E-state index contributed by atoms with van der Waals surface area (Å²) in [4.78, 5) is 33.0. The van der Waals surface area contributed by atoms with Crippen molar-refractivity contribution in [1.82, 2.24) is 0 Å². The number of aromatic carboxylic acids is 1. The normalized spacial score (nSPS) is 10.1. The van der Waals surface area contributed by atoms with Crippen LogP contribution < -0.4 is 4.89 Å². The number of hydrogen-bond acceptors (Lipinski definition) is 5. The Kier molecular flexibility index (Phi) is 4.75. The first-order chi connectivity index (χ1) is 10.6. The van der Waals surface area contributed by atoms with Gasteiger partial charge in [0.2, 0.25) is 0 Å². The molecule has 0 spiro atoms. The number of carboxylic acid groups (broad SMARTS) is 1. The molecular weight excluding hydrogens is 288 g/mol. The van der Waals surface area contributed by atoms with Crippen LogP contribution in [0.3, 0.4) is 0 Å². The van der Waals surface area contributed by atoms with Crippen molar-refractivity contribution in [1.29, 1.82) is 0 Å². The highest BCUT2D eigenvalue weighted by atomic mass is 17.2. The molecule has 0 aliphatic rings. The standard InChI is InChI=1S/C16H14O6/c1-20-16(19)14-11(8-5-9-13(14)22-21-2)10-6-3-4-7-12(10)15(17)18/h3-9H,1-2H3,(H,17,18). The van der Waals surface area contributed by atoms with Gasteiger partial charge in [-0.2, -0.15) is 4.89 Å². The molecule has 6 heteroatoms. The van der Waals surface area contributed by atoms with Crippen molar-refractivity contribution in [2.75, 3.05) is 14.2 Å². The van der Waals surface area contributed by atoms with E-state index >= 15 is 0 Å². The predicted octanol–water partition coefficient (Wildman–Crippen LogP) is 2.78. The van der Waals surface area contributed by atoms with Crippen LogP contribution in [-0.2, 0) is 9.62 Å². The van der Waals surface area contributed by atoms with Crippen molar-refractivity contribution in [3.05, 3.63) is 53.6 Å². The number of carbonyl (C=O) groups excluding carboxylic acids is 1. The topological polar surface area (TPSA) is 82.1 Å². The third-order valence-electron chi connectivity index (χ3n) is 3.04. The van der Waals surface area contributed by atoms with Crippen molar-refractivity contribution < 1.29 is 29.2 Å². The zero-order chi connectivity index (χ0) is 16.1. The van der Waals surface area contributed by atoms with E-state index in [1.165, 1.54) is 26.4 Å². The summed E-state index contributed by atoms with van der Waals surface area (Å²) in [5.41, 5.74) is 0.944. The van der Waals surface area contributed by atoms with Crippen molar-refractivity contribution in [3.8, 4) is 16.9 Å². The smallest absolute Gasteiger partial charge is 0.342 e. The molecule has 0 aliphatic carbocycles. The van der Waals surface area contributed by atoms with Crippen LogP contribution in [0.2, 0.25) is 0 Å². The van der Waals surface area contributed by atoms with Crippen LogP contribution in [-0.4, -0.2) is 31.3 Å². The molecule has 2 rings (SSSR count). The van der Waals surface area contributed by atoms with Crippen LogP contribution in [0.1, 0.15) is 20.7 Å². The highest BCUT2D eigenvalue weighted by Crippen LogP contribution is 2.33. The molecule has 1 N–H and O–H groups in total. The molecule has 0 unspecified atom stereocenters. The molecule has 0 saturated carbocycles. The van der Waals surface area contributed by atoms with Crippen LogP contribution in [0.4, 0.5) is 0 Å². The Hall–Kier alpha value is -2.86. The number of ether oxygens (including phenoxy) is 1. The summed E-state index contributed by atoms with van der Waals surface area (Å²) < 4.78 is 4.76. The Bertz CT molecular complexity index is 708. The lowest BCUT2D eigenvalue weighted by atomic mass is 9.95. The second kappa shape index (κ2) is 6.73. The van der Waals surface area contributed by atoms with Crippen molar-refractivity contribution in [2.45, 2.75) is 0 Å². The molecule has 0 fully saturated rings. The van der Waals surface area contributed by atoms with Crippen LogP contribution in [0.15, 0.2) is 42.5 Å². The van der Waals surface area contributed by atoms with Crippen LogP contribution in [0, 0.1) is 0 Å². The first-order valence-corrected chi connectivity index (χ1v) is 6.34. The second-order valence-corrected chi connectivity index (χ2v) is 4.27. The Labute approximate surface area is 126 Å². The van der Waals surface area contributed by atoms with Gasteiger partial charge in [-0.25, -0.2) is 9.59 Å². The highest BCUT2D eigenvalue weighted by molar-refractivity contribution is 6.04.